The highest BCUT2D eigenvalue weighted by Crippen LogP contribution is 2.51. The van der Waals surface area contributed by atoms with Crippen molar-refractivity contribution in [3.8, 4) is 22.9 Å². The van der Waals surface area contributed by atoms with Crippen LogP contribution < -0.4 is 20.9 Å². The normalized spacial score (nSPS) is 28.9. The van der Waals surface area contributed by atoms with Gasteiger partial charge in [-0.1, -0.05) is 22.1 Å². The number of nitrogens with one attached hydrogen (secondary N) is 1. The monoisotopic (exact) mass is 685 g/mol. The predicted octanol–water partition coefficient (Wildman–Crippen LogP) is 5.98. The molecule has 5 aliphatic rings. The first-order valence-corrected chi connectivity index (χ1v) is 17.3. The van der Waals surface area contributed by atoms with Gasteiger partial charge in [0.25, 0.3) is 6.35 Å². The van der Waals surface area contributed by atoms with E-state index >= 15 is 8.87 Å². The molecule has 8 rings (SSSR count). The molecule has 0 aliphatic carbocycles. The first-order valence-electron chi connectivity index (χ1n) is 16.1. The second kappa shape index (κ2) is 11.7. The zero-order valence-corrected chi connectivity index (χ0v) is 27.4. The molecule has 3 aromatic rings. The molecule has 0 spiro atoms. The molecular weight excluding hydrogens is 651 g/mol. The molecule has 0 bridgehead atoms. The molecule has 1 aromatic heterocycles. The number of fused-ring (bicyclic) bond motifs is 2. The summed E-state index contributed by atoms with van der Waals surface area (Å²) in [6.07, 6.45) is 1.31. The quantitative estimate of drug-likeness (QED) is 0.317. The summed E-state index contributed by atoms with van der Waals surface area (Å²) in [6, 6.07) is 6.77. The summed E-state index contributed by atoms with van der Waals surface area (Å²) in [6.45, 7) is 5.21. The van der Waals surface area contributed by atoms with Crippen LogP contribution in [-0.4, -0.2) is 85.2 Å². The minimum absolute atomic E-state index is 0.0903. The summed E-state index contributed by atoms with van der Waals surface area (Å²) in [7, 11) is 0. The number of nitrogen functional groups attached to an aromatic ring is 1. The van der Waals surface area contributed by atoms with E-state index in [-0.39, 0.29) is 50.4 Å². The van der Waals surface area contributed by atoms with Gasteiger partial charge in [-0.3, -0.25) is 4.90 Å². The number of nitrogens with zero attached hydrogens (tertiary/aromatic N) is 5. The van der Waals surface area contributed by atoms with Gasteiger partial charge in [-0.05, 0) is 63.4 Å². The van der Waals surface area contributed by atoms with E-state index in [9.17, 15) is 9.65 Å². The van der Waals surface area contributed by atoms with Crippen molar-refractivity contribution in [3.05, 3.63) is 40.2 Å². The largest absolute Gasteiger partial charge is 0.491 e. The van der Waals surface area contributed by atoms with Crippen molar-refractivity contribution in [1.29, 1.82) is 5.26 Å². The van der Waals surface area contributed by atoms with Crippen LogP contribution in [0.3, 0.4) is 0 Å². The molecule has 248 valence electrons. The lowest BCUT2D eigenvalue weighted by Gasteiger charge is -2.41. The average Bonchev–Trinajstić information content (AvgIpc) is 3.79. The fraction of sp³-hybridized carbons (Fsp3) is 0.515. The molecule has 5 aliphatic heterocycles. The van der Waals surface area contributed by atoms with Gasteiger partial charge < -0.3 is 25.4 Å². The van der Waals surface area contributed by atoms with Crippen LogP contribution in [0.4, 0.5) is 24.0 Å². The van der Waals surface area contributed by atoms with Crippen molar-refractivity contribution in [2.45, 2.75) is 69.2 Å². The molecule has 9 nitrogen and oxygen atoms in total. The molecule has 3 N–H and O–H groups in total. The number of hydrogen-bond donors (Lipinski definition) is 2. The van der Waals surface area contributed by atoms with Crippen LogP contribution in [0.25, 0.3) is 21.2 Å². The maximum absolute atomic E-state index is 16.9. The maximum Gasteiger partial charge on any atom is 0.257 e. The number of nitrogens with two attached hydrogens (primary N) is 1. The molecule has 0 radical (unpaired) electrons. The molecular formula is C33H35ClF3N7O2S. The van der Waals surface area contributed by atoms with Crippen LogP contribution in [-0.2, 0) is 4.74 Å². The molecule has 47 heavy (non-hydrogen) atoms. The zero-order chi connectivity index (χ0) is 32.6. The van der Waals surface area contributed by atoms with Gasteiger partial charge in [0.15, 0.2) is 5.75 Å². The molecule has 6 heterocycles. The van der Waals surface area contributed by atoms with Gasteiger partial charge in [-0.25, -0.2) is 13.8 Å². The van der Waals surface area contributed by atoms with Crippen LogP contribution in [0.1, 0.15) is 50.2 Å². The molecule has 1 unspecified atom stereocenters. The Morgan fingerprint density at radius 2 is 2.15 bits per heavy atom. The minimum atomic E-state index is -1.35. The lowest BCUT2D eigenvalue weighted by molar-refractivity contribution is -0.0282. The Balaban J connectivity index is 1.29. The maximum atomic E-state index is 16.9. The Morgan fingerprint density at radius 1 is 1.30 bits per heavy atom. The Kier molecular flexibility index (Phi) is 7.72. The standard InChI is InChI=1S/C33H35ClF3N7O2S/c1-17-23(6-8-40-17)43-10-3-11-45-28-26-24(12-20(27(28)34)19-4-5-22(36)29-25(19)21(14-38)30(39)47-29)44(37)32(41-31(26)43)46-16-33-7-2-9-42(33)15-18(35)13-33/h4-5,12,17-18,23,32,40H,2-3,6-11,13,15-16,39H2,1H3/t17-,18-,23-,32?,33+/m1/s1. The fourth-order valence-corrected chi connectivity index (χ4v) is 9.56. The molecule has 0 amide bonds. The van der Waals surface area contributed by atoms with Crippen LogP contribution in [0, 0.1) is 17.1 Å². The summed E-state index contributed by atoms with van der Waals surface area (Å²) in [5, 5.41) is 14.6. The van der Waals surface area contributed by atoms with E-state index in [1.54, 1.807) is 6.07 Å². The van der Waals surface area contributed by atoms with Crippen LogP contribution >= 0.6 is 22.9 Å². The molecule has 0 saturated carbocycles. The number of hydrogen-bond acceptors (Lipinski definition) is 10. The van der Waals surface area contributed by atoms with E-state index in [0.717, 1.165) is 43.7 Å². The number of halogens is 4. The smallest absolute Gasteiger partial charge is 0.257 e. The van der Waals surface area contributed by atoms with Crippen LogP contribution in [0.5, 0.6) is 5.75 Å². The third-order valence-corrected chi connectivity index (χ3v) is 11.9. The molecule has 14 heteroatoms. The number of ether oxygens (including phenoxy) is 2. The number of thiophene rings is 1. The second-order valence-electron chi connectivity index (χ2n) is 13.2. The van der Waals surface area contributed by atoms with Crippen LogP contribution in [0.15, 0.2) is 23.2 Å². The Labute approximate surface area is 279 Å². The summed E-state index contributed by atoms with van der Waals surface area (Å²) in [5.41, 5.74) is 7.12. The van der Waals surface area contributed by atoms with Crippen molar-refractivity contribution in [2.24, 2.45) is 4.99 Å². The van der Waals surface area contributed by atoms with Gasteiger partial charge in [-0.2, -0.15) is 10.4 Å². The summed E-state index contributed by atoms with van der Waals surface area (Å²) in [4.78, 5) is 9.25. The van der Waals surface area contributed by atoms with Crippen molar-refractivity contribution < 1.29 is 22.7 Å². The fourth-order valence-electron chi connectivity index (χ4n) is 8.31. The number of nitriles is 1. The summed E-state index contributed by atoms with van der Waals surface area (Å²) >= 11 is 8.14. The van der Waals surface area contributed by atoms with Crippen LogP contribution in [0.2, 0.25) is 5.02 Å². The number of benzene rings is 2. The lowest BCUT2D eigenvalue weighted by atomic mass is 9.94. The van der Waals surface area contributed by atoms with Gasteiger partial charge in [0.05, 0.1) is 39.8 Å². The molecule has 5 atom stereocenters. The van der Waals surface area contributed by atoms with E-state index in [1.807, 2.05) is 0 Å². The van der Waals surface area contributed by atoms with E-state index in [2.05, 4.69) is 28.1 Å². The SMILES string of the molecule is C[C@H]1NCC[C@H]1N1CCCOc2c(Cl)c(-c3ccc(F)c4sc(N)c(C#N)c34)cc3c2C1=NC(OC[C@@]12CCCN1C[C@H](F)C2)N3F. The number of amidine groups is 1. The second-order valence-corrected chi connectivity index (χ2v) is 14.6. The van der Waals surface area contributed by atoms with E-state index in [0.29, 0.717) is 65.6 Å². The highest BCUT2D eigenvalue weighted by Gasteiger charge is 2.50. The van der Waals surface area contributed by atoms with E-state index in [4.69, 9.17) is 31.8 Å². The molecule has 3 saturated heterocycles. The van der Waals surface area contributed by atoms with Crippen molar-refractivity contribution in [1.82, 2.24) is 15.1 Å². The van der Waals surface area contributed by atoms with E-state index in [1.165, 1.54) is 12.1 Å². The number of rotatable bonds is 5. The highest BCUT2D eigenvalue weighted by molar-refractivity contribution is 7.23. The van der Waals surface area contributed by atoms with Gasteiger partial charge in [0, 0.05) is 48.1 Å². The topological polar surface area (TPSA) is 102 Å². The summed E-state index contributed by atoms with van der Waals surface area (Å²) in [5.74, 6) is 0.271. The third kappa shape index (κ3) is 4.86. The predicted molar refractivity (Wildman–Crippen MR) is 177 cm³/mol. The van der Waals surface area contributed by atoms with Crippen molar-refractivity contribution in [3.63, 3.8) is 0 Å². The minimum Gasteiger partial charge on any atom is -0.491 e. The average molecular weight is 686 g/mol. The molecule has 2 aromatic carbocycles. The first-order chi connectivity index (χ1) is 22.7. The van der Waals surface area contributed by atoms with Crippen molar-refractivity contribution in [2.75, 3.05) is 50.2 Å². The van der Waals surface area contributed by atoms with Gasteiger partial charge in [0.2, 0.25) is 0 Å². The Bertz CT molecular complexity index is 1830. The van der Waals surface area contributed by atoms with E-state index < -0.39 is 23.9 Å². The van der Waals surface area contributed by atoms with Gasteiger partial charge >= 0.3 is 0 Å². The lowest BCUT2D eigenvalue weighted by Crippen LogP contribution is -2.51. The zero-order valence-electron chi connectivity index (χ0n) is 25.9. The summed E-state index contributed by atoms with van der Waals surface area (Å²) < 4.78 is 59.3. The Morgan fingerprint density at radius 3 is 2.94 bits per heavy atom. The molecule has 3 fully saturated rings. The Hall–Kier alpha value is -3.28. The third-order valence-electron chi connectivity index (χ3n) is 10.5. The number of anilines is 2. The van der Waals surface area contributed by atoms with Gasteiger partial charge in [0.1, 0.15) is 28.9 Å². The van der Waals surface area contributed by atoms with Crippen molar-refractivity contribution >= 4 is 49.5 Å². The first kappa shape index (κ1) is 31.0. The number of alkyl halides is 1. The van der Waals surface area contributed by atoms with Gasteiger partial charge in [-0.15, -0.1) is 11.3 Å². The highest BCUT2D eigenvalue weighted by atomic mass is 35.5. The number of aliphatic imine (C=N–C) groups is 1.